The van der Waals surface area contributed by atoms with Gasteiger partial charge in [0.2, 0.25) is 0 Å². The second-order valence-corrected chi connectivity index (χ2v) is 5.86. The Morgan fingerprint density at radius 3 is 2.40 bits per heavy atom. The Labute approximate surface area is 164 Å². The molecule has 0 atom stereocenters. The molecule has 0 fully saturated rings. The van der Waals surface area contributed by atoms with Gasteiger partial charge in [0.25, 0.3) is 11.4 Å². The summed E-state index contributed by atoms with van der Waals surface area (Å²) in [7, 11) is 0. The average molecular weight is 425 g/mol. The standard InChI is InChI=1S/C17H10F3N3O7/c1-2-29-16(24)15-11-6-13(23(27)28)10(7-14(11)30-21-15)9-4-3-8(22(25)26)5-12(9)17(18,19)20/h3-7H,2H2,1H3. The van der Waals surface area contributed by atoms with Gasteiger partial charge in [0, 0.05) is 23.8 Å². The first-order valence-corrected chi connectivity index (χ1v) is 8.15. The molecular formula is C17H10F3N3O7. The number of alkyl halides is 3. The zero-order chi connectivity index (χ0) is 22.2. The van der Waals surface area contributed by atoms with Gasteiger partial charge in [0.1, 0.15) is 0 Å². The van der Waals surface area contributed by atoms with Gasteiger partial charge < -0.3 is 9.26 Å². The Hall–Kier alpha value is -4.03. The number of aromatic nitrogens is 1. The topological polar surface area (TPSA) is 139 Å². The van der Waals surface area contributed by atoms with Gasteiger partial charge in [-0.3, -0.25) is 20.2 Å². The van der Waals surface area contributed by atoms with Crippen LogP contribution in [0.1, 0.15) is 23.0 Å². The number of esters is 1. The lowest BCUT2D eigenvalue weighted by atomic mass is 9.96. The molecule has 156 valence electrons. The second-order valence-electron chi connectivity index (χ2n) is 5.86. The van der Waals surface area contributed by atoms with E-state index in [1.807, 2.05) is 0 Å². The number of carbonyl (C=O) groups is 1. The molecule has 13 heteroatoms. The second kappa shape index (κ2) is 7.42. The van der Waals surface area contributed by atoms with E-state index in [1.54, 1.807) is 0 Å². The fourth-order valence-corrected chi connectivity index (χ4v) is 2.80. The van der Waals surface area contributed by atoms with Gasteiger partial charge in [-0.1, -0.05) is 5.16 Å². The number of fused-ring (bicyclic) bond motifs is 1. The van der Waals surface area contributed by atoms with Crippen LogP contribution >= 0.6 is 0 Å². The summed E-state index contributed by atoms with van der Waals surface area (Å²) in [6.45, 7) is 1.51. The van der Waals surface area contributed by atoms with Gasteiger partial charge in [-0.25, -0.2) is 4.79 Å². The van der Waals surface area contributed by atoms with Gasteiger partial charge in [0.05, 0.1) is 33.0 Å². The number of non-ortho nitro benzene ring substituents is 1. The van der Waals surface area contributed by atoms with Crippen LogP contribution in [0.25, 0.3) is 22.1 Å². The molecule has 10 nitrogen and oxygen atoms in total. The molecule has 0 bridgehead atoms. The number of nitro groups is 2. The molecule has 0 aliphatic heterocycles. The summed E-state index contributed by atoms with van der Waals surface area (Å²) in [6, 6.07) is 3.60. The minimum Gasteiger partial charge on any atom is -0.461 e. The summed E-state index contributed by atoms with van der Waals surface area (Å²) in [5.74, 6) is -0.926. The molecule has 0 amide bonds. The van der Waals surface area contributed by atoms with Gasteiger partial charge in [0.15, 0.2) is 11.3 Å². The molecule has 0 saturated carbocycles. The minimum atomic E-state index is -5.04. The summed E-state index contributed by atoms with van der Waals surface area (Å²) in [5.41, 5.74) is -4.82. The lowest BCUT2D eigenvalue weighted by Crippen LogP contribution is -2.09. The number of halogens is 3. The van der Waals surface area contributed by atoms with Crippen molar-refractivity contribution in [3.8, 4) is 11.1 Å². The zero-order valence-electron chi connectivity index (χ0n) is 14.9. The van der Waals surface area contributed by atoms with E-state index >= 15 is 0 Å². The van der Waals surface area contributed by atoms with Crippen molar-refractivity contribution in [3.05, 3.63) is 61.8 Å². The molecule has 0 aliphatic rings. The number of carbonyl (C=O) groups excluding carboxylic acids is 1. The Morgan fingerprint density at radius 2 is 1.83 bits per heavy atom. The van der Waals surface area contributed by atoms with Crippen molar-refractivity contribution in [2.45, 2.75) is 13.1 Å². The average Bonchev–Trinajstić information content (AvgIpc) is 3.09. The molecular weight excluding hydrogens is 415 g/mol. The third-order valence-corrected chi connectivity index (χ3v) is 4.06. The first-order chi connectivity index (χ1) is 14.0. The summed E-state index contributed by atoms with van der Waals surface area (Å²) in [5, 5.41) is 25.8. The van der Waals surface area contributed by atoms with Crippen LogP contribution in [-0.4, -0.2) is 27.6 Å². The van der Waals surface area contributed by atoms with Crippen molar-refractivity contribution in [2.75, 3.05) is 6.61 Å². The lowest BCUT2D eigenvalue weighted by molar-refractivity contribution is -0.385. The number of nitro benzene ring substituents is 2. The molecule has 1 aromatic heterocycles. The van der Waals surface area contributed by atoms with E-state index in [0.29, 0.717) is 0 Å². The maximum Gasteiger partial charge on any atom is 0.417 e. The summed E-state index contributed by atoms with van der Waals surface area (Å²) in [6.07, 6.45) is -5.04. The van der Waals surface area contributed by atoms with Crippen LogP contribution in [0.3, 0.4) is 0 Å². The molecule has 0 aliphatic carbocycles. The number of rotatable bonds is 5. The number of hydrogen-bond acceptors (Lipinski definition) is 8. The molecule has 3 rings (SSSR count). The van der Waals surface area contributed by atoms with Crippen molar-refractivity contribution >= 4 is 28.3 Å². The van der Waals surface area contributed by atoms with Crippen LogP contribution < -0.4 is 0 Å². The van der Waals surface area contributed by atoms with Crippen molar-refractivity contribution in [1.29, 1.82) is 0 Å². The van der Waals surface area contributed by atoms with Crippen molar-refractivity contribution in [1.82, 2.24) is 5.16 Å². The number of nitrogens with zero attached hydrogens (tertiary/aromatic N) is 3. The predicted octanol–water partition coefficient (Wildman–Crippen LogP) is 4.51. The van der Waals surface area contributed by atoms with E-state index in [0.717, 1.165) is 24.3 Å². The Bertz CT molecular complexity index is 1190. The number of hydrogen-bond donors (Lipinski definition) is 0. The fraction of sp³-hybridized carbons (Fsp3) is 0.176. The van der Waals surface area contributed by atoms with Gasteiger partial charge in [-0.2, -0.15) is 13.2 Å². The molecule has 2 aromatic carbocycles. The van der Waals surface area contributed by atoms with E-state index in [2.05, 4.69) is 5.16 Å². The van der Waals surface area contributed by atoms with Gasteiger partial charge in [-0.05, 0) is 19.1 Å². The highest BCUT2D eigenvalue weighted by molar-refractivity contribution is 6.03. The predicted molar refractivity (Wildman–Crippen MR) is 93.7 cm³/mol. The maximum atomic E-state index is 13.5. The van der Waals surface area contributed by atoms with E-state index in [1.165, 1.54) is 6.92 Å². The van der Waals surface area contributed by atoms with Crippen LogP contribution in [0.4, 0.5) is 24.5 Å². The molecule has 0 spiro atoms. The smallest absolute Gasteiger partial charge is 0.417 e. The largest absolute Gasteiger partial charge is 0.461 e. The molecule has 3 aromatic rings. The van der Waals surface area contributed by atoms with Crippen LogP contribution in [0.2, 0.25) is 0 Å². The van der Waals surface area contributed by atoms with Crippen molar-refractivity contribution < 1.29 is 37.1 Å². The third-order valence-electron chi connectivity index (χ3n) is 4.06. The maximum absolute atomic E-state index is 13.5. The van der Waals surface area contributed by atoms with Crippen molar-refractivity contribution in [3.63, 3.8) is 0 Å². The quantitative estimate of drug-likeness (QED) is 0.331. The van der Waals surface area contributed by atoms with E-state index in [9.17, 15) is 38.2 Å². The highest BCUT2D eigenvalue weighted by atomic mass is 19.4. The first-order valence-electron chi connectivity index (χ1n) is 8.15. The molecule has 0 N–H and O–H groups in total. The minimum absolute atomic E-state index is 0.00883. The van der Waals surface area contributed by atoms with E-state index in [4.69, 9.17) is 9.26 Å². The van der Waals surface area contributed by atoms with E-state index in [-0.39, 0.29) is 29.3 Å². The number of ether oxygens (including phenoxy) is 1. The SMILES string of the molecule is CCOC(=O)c1noc2cc(-c3ccc([N+](=O)[O-])cc3C(F)(F)F)c([N+](=O)[O-])cc12. The molecule has 0 radical (unpaired) electrons. The summed E-state index contributed by atoms with van der Waals surface area (Å²) < 4.78 is 50.3. The van der Waals surface area contributed by atoms with Crippen LogP contribution in [0.15, 0.2) is 34.9 Å². The molecule has 0 saturated heterocycles. The van der Waals surface area contributed by atoms with E-state index < -0.39 is 50.1 Å². The molecule has 1 heterocycles. The van der Waals surface area contributed by atoms with Gasteiger partial charge in [-0.15, -0.1) is 0 Å². The third kappa shape index (κ3) is 3.64. The molecule has 30 heavy (non-hydrogen) atoms. The number of benzene rings is 2. The summed E-state index contributed by atoms with van der Waals surface area (Å²) in [4.78, 5) is 32.4. The van der Waals surface area contributed by atoms with Crippen molar-refractivity contribution in [2.24, 2.45) is 0 Å². The highest BCUT2D eigenvalue weighted by Gasteiger charge is 2.37. The Morgan fingerprint density at radius 1 is 1.13 bits per heavy atom. The Kier molecular flexibility index (Phi) is 5.12. The van der Waals surface area contributed by atoms with Crippen LogP contribution in [-0.2, 0) is 10.9 Å². The monoisotopic (exact) mass is 425 g/mol. The highest BCUT2D eigenvalue weighted by Crippen LogP contribution is 2.43. The van der Waals surface area contributed by atoms with Gasteiger partial charge >= 0.3 is 12.1 Å². The Balaban J connectivity index is 2.31. The summed E-state index contributed by atoms with van der Waals surface area (Å²) >= 11 is 0. The molecule has 0 unspecified atom stereocenters. The lowest BCUT2D eigenvalue weighted by Gasteiger charge is -2.13. The van der Waals surface area contributed by atoms with Crippen LogP contribution in [0.5, 0.6) is 0 Å². The normalized spacial score (nSPS) is 11.5. The first kappa shape index (κ1) is 20.7. The zero-order valence-corrected chi connectivity index (χ0v) is 14.9. The fourth-order valence-electron chi connectivity index (χ4n) is 2.80. The van der Waals surface area contributed by atoms with Crippen LogP contribution in [0, 0.1) is 20.2 Å².